The lowest BCUT2D eigenvalue weighted by Gasteiger charge is -2.24. The second kappa shape index (κ2) is 19.3. The first-order valence-electron chi connectivity index (χ1n) is 14.4. The van der Waals surface area contributed by atoms with Gasteiger partial charge in [0.15, 0.2) is 11.5 Å². The number of ether oxygens (including phenoxy) is 2. The summed E-state index contributed by atoms with van der Waals surface area (Å²) in [5.41, 5.74) is 3.09. The first kappa shape index (κ1) is 31.1. The predicted octanol–water partition coefficient (Wildman–Crippen LogP) is 9.39. The summed E-state index contributed by atoms with van der Waals surface area (Å²) < 4.78 is 11.5. The molecule has 0 radical (unpaired) electrons. The summed E-state index contributed by atoms with van der Waals surface area (Å²) in [7, 11) is 0. The summed E-state index contributed by atoms with van der Waals surface area (Å²) in [6, 6.07) is 0. The van der Waals surface area contributed by atoms with Crippen molar-refractivity contribution >= 4 is 6.16 Å². The van der Waals surface area contributed by atoms with Gasteiger partial charge in [0, 0.05) is 11.1 Å². The van der Waals surface area contributed by atoms with E-state index in [9.17, 15) is 15.0 Å². The molecule has 1 rings (SSSR count). The van der Waals surface area contributed by atoms with Crippen LogP contribution >= 0.6 is 0 Å². The third-order valence-corrected chi connectivity index (χ3v) is 6.73. The molecule has 0 atom stereocenters. The van der Waals surface area contributed by atoms with Gasteiger partial charge in [-0.05, 0) is 50.5 Å². The second-order valence-corrected chi connectivity index (χ2v) is 9.80. The van der Waals surface area contributed by atoms with Gasteiger partial charge < -0.3 is 19.7 Å². The van der Waals surface area contributed by atoms with E-state index in [1.54, 1.807) is 0 Å². The Kier molecular flexibility index (Phi) is 17.2. The van der Waals surface area contributed by atoms with E-state index in [0.717, 1.165) is 101 Å². The van der Waals surface area contributed by atoms with Gasteiger partial charge in [-0.15, -0.1) is 0 Å². The van der Waals surface area contributed by atoms with Crippen molar-refractivity contribution in [1.82, 2.24) is 0 Å². The van der Waals surface area contributed by atoms with Gasteiger partial charge in [-0.1, -0.05) is 98.3 Å². The molecule has 0 saturated carbocycles. The van der Waals surface area contributed by atoms with Crippen LogP contribution in [0, 0.1) is 0 Å². The molecule has 0 amide bonds. The van der Waals surface area contributed by atoms with Gasteiger partial charge in [-0.3, -0.25) is 0 Å². The average molecular weight is 493 g/mol. The minimum atomic E-state index is -1.41. The molecule has 35 heavy (non-hydrogen) atoms. The fourth-order valence-corrected chi connectivity index (χ4v) is 4.73. The molecule has 0 saturated heterocycles. The van der Waals surface area contributed by atoms with Gasteiger partial charge in [0.05, 0.1) is 6.61 Å². The highest BCUT2D eigenvalue weighted by Crippen LogP contribution is 2.47. The molecule has 0 aromatic heterocycles. The Morgan fingerprint density at radius 3 is 1.60 bits per heavy atom. The molecule has 0 spiro atoms. The SMILES string of the molecule is CCCCCCCCOc1c(CCCCC)c(CCCCC)c(CCCCC)c(O)c1OC(=O)O. The summed E-state index contributed by atoms with van der Waals surface area (Å²) in [4.78, 5) is 11.6. The smallest absolute Gasteiger partial charge is 0.504 e. The van der Waals surface area contributed by atoms with Gasteiger partial charge in [-0.2, -0.15) is 0 Å². The number of hydrogen-bond donors (Lipinski definition) is 2. The Morgan fingerprint density at radius 1 is 0.600 bits per heavy atom. The number of benzene rings is 1. The van der Waals surface area contributed by atoms with Crippen LogP contribution in [0.4, 0.5) is 4.79 Å². The van der Waals surface area contributed by atoms with Crippen molar-refractivity contribution in [1.29, 1.82) is 0 Å². The van der Waals surface area contributed by atoms with Crippen LogP contribution in [0.3, 0.4) is 0 Å². The van der Waals surface area contributed by atoms with Crippen molar-refractivity contribution < 1.29 is 24.5 Å². The fraction of sp³-hybridized carbons (Fsp3) is 0.767. The maximum absolute atomic E-state index is 11.6. The Bertz CT molecular complexity index is 713. The number of carbonyl (C=O) groups is 1. The van der Waals surface area contributed by atoms with Crippen molar-refractivity contribution in [3.63, 3.8) is 0 Å². The van der Waals surface area contributed by atoms with Crippen LogP contribution in [0.2, 0.25) is 0 Å². The number of phenolic OH excluding ortho intramolecular Hbond substituents is 1. The Morgan fingerprint density at radius 2 is 1.06 bits per heavy atom. The molecule has 0 unspecified atom stereocenters. The Hall–Kier alpha value is -1.91. The van der Waals surface area contributed by atoms with Gasteiger partial charge >= 0.3 is 6.16 Å². The molecule has 0 fully saturated rings. The van der Waals surface area contributed by atoms with Crippen LogP contribution < -0.4 is 9.47 Å². The molecule has 5 nitrogen and oxygen atoms in total. The summed E-state index contributed by atoms with van der Waals surface area (Å²) in [5, 5.41) is 20.8. The number of carboxylic acid groups (broad SMARTS) is 1. The summed E-state index contributed by atoms with van der Waals surface area (Å²) >= 11 is 0. The lowest BCUT2D eigenvalue weighted by Crippen LogP contribution is -2.12. The largest absolute Gasteiger partial charge is 0.511 e. The Balaban J connectivity index is 3.39. The van der Waals surface area contributed by atoms with Gasteiger partial charge in [0.25, 0.3) is 0 Å². The third kappa shape index (κ3) is 11.6. The molecule has 2 N–H and O–H groups in total. The third-order valence-electron chi connectivity index (χ3n) is 6.73. The molecule has 0 aliphatic carbocycles. The van der Waals surface area contributed by atoms with E-state index in [4.69, 9.17) is 9.47 Å². The van der Waals surface area contributed by atoms with Gasteiger partial charge in [0.1, 0.15) is 0 Å². The monoisotopic (exact) mass is 492 g/mol. The minimum absolute atomic E-state index is 0.000668. The van der Waals surface area contributed by atoms with Crippen LogP contribution in [-0.4, -0.2) is 23.0 Å². The zero-order chi connectivity index (χ0) is 25.9. The molecule has 202 valence electrons. The van der Waals surface area contributed by atoms with Crippen LogP contribution in [0.15, 0.2) is 0 Å². The second-order valence-electron chi connectivity index (χ2n) is 9.80. The first-order valence-corrected chi connectivity index (χ1v) is 14.4. The van der Waals surface area contributed by atoms with Crippen LogP contribution in [0.5, 0.6) is 17.2 Å². The minimum Gasteiger partial charge on any atom is -0.504 e. The zero-order valence-electron chi connectivity index (χ0n) is 23.1. The lowest BCUT2D eigenvalue weighted by atomic mass is 9.88. The van der Waals surface area contributed by atoms with E-state index in [0.29, 0.717) is 12.4 Å². The van der Waals surface area contributed by atoms with Crippen LogP contribution in [0.25, 0.3) is 0 Å². The van der Waals surface area contributed by atoms with Gasteiger partial charge in [-0.25, -0.2) is 4.79 Å². The highest BCUT2D eigenvalue weighted by atomic mass is 16.7. The van der Waals surface area contributed by atoms with E-state index in [2.05, 4.69) is 27.7 Å². The number of aromatic hydroxyl groups is 1. The topological polar surface area (TPSA) is 76.0 Å². The van der Waals surface area contributed by atoms with Crippen molar-refractivity contribution in [2.45, 2.75) is 143 Å². The number of hydrogen-bond acceptors (Lipinski definition) is 4. The molecule has 0 heterocycles. The van der Waals surface area contributed by atoms with Crippen LogP contribution in [0.1, 0.15) is 141 Å². The maximum Gasteiger partial charge on any atom is 0.511 e. The van der Waals surface area contributed by atoms with Gasteiger partial charge in [0.2, 0.25) is 5.75 Å². The lowest BCUT2D eigenvalue weighted by molar-refractivity contribution is 0.140. The maximum atomic E-state index is 11.6. The standard InChI is InChI=1S/C30H52O5/c1-5-9-13-14-15-19-23-34-28-26(22-18-12-8-4)24(20-16-10-6-2)25(21-17-11-7-3)27(31)29(28)35-30(32)33/h31H,5-23H2,1-4H3,(H,32,33). The molecule has 0 bridgehead atoms. The Labute approximate surface area is 214 Å². The molecular formula is C30H52O5. The van der Waals surface area contributed by atoms with E-state index < -0.39 is 6.16 Å². The number of rotatable bonds is 21. The first-order chi connectivity index (χ1) is 17.0. The molecule has 1 aromatic carbocycles. The van der Waals surface area contributed by atoms with Crippen molar-refractivity contribution in [2.24, 2.45) is 0 Å². The van der Waals surface area contributed by atoms with E-state index >= 15 is 0 Å². The van der Waals surface area contributed by atoms with E-state index in [1.165, 1.54) is 31.2 Å². The number of phenols is 1. The quantitative estimate of drug-likeness (QED) is 0.101. The molecule has 0 aliphatic heterocycles. The summed E-state index contributed by atoms with van der Waals surface area (Å²) in [5.74, 6) is 0.424. The summed E-state index contributed by atoms with van der Waals surface area (Å²) in [6.07, 6.45) is 17.6. The molecule has 1 aromatic rings. The molecule has 0 aliphatic rings. The summed E-state index contributed by atoms with van der Waals surface area (Å²) in [6.45, 7) is 9.26. The highest BCUT2D eigenvalue weighted by Gasteiger charge is 2.27. The van der Waals surface area contributed by atoms with Crippen molar-refractivity contribution in [2.75, 3.05) is 6.61 Å². The molecular weight excluding hydrogens is 440 g/mol. The van der Waals surface area contributed by atoms with Crippen molar-refractivity contribution in [3.8, 4) is 17.2 Å². The fourth-order valence-electron chi connectivity index (χ4n) is 4.73. The molecule has 5 heteroatoms. The average Bonchev–Trinajstić information content (AvgIpc) is 2.83. The van der Waals surface area contributed by atoms with E-state index in [1.807, 2.05) is 0 Å². The normalized spacial score (nSPS) is 11.1. The number of unbranched alkanes of at least 4 members (excludes halogenated alkanes) is 11. The zero-order valence-corrected chi connectivity index (χ0v) is 23.1. The van der Waals surface area contributed by atoms with Crippen molar-refractivity contribution in [3.05, 3.63) is 16.7 Å². The predicted molar refractivity (Wildman–Crippen MR) is 145 cm³/mol. The highest BCUT2D eigenvalue weighted by molar-refractivity contribution is 5.70. The van der Waals surface area contributed by atoms with E-state index in [-0.39, 0.29) is 11.5 Å². The van der Waals surface area contributed by atoms with Crippen LogP contribution in [-0.2, 0) is 19.3 Å².